The minimum absolute atomic E-state index is 0.162. The molecule has 1 aliphatic rings. The van der Waals surface area contributed by atoms with E-state index in [-0.39, 0.29) is 18.4 Å². The zero-order valence-corrected chi connectivity index (χ0v) is 15.4. The van der Waals surface area contributed by atoms with Gasteiger partial charge in [-0.05, 0) is 52.3 Å². The van der Waals surface area contributed by atoms with Crippen LogP contribution >= 0.6 is 0 Å². The molecule has 1 aromatic rings. The Morgan fingerprint density at radius 3 is 2.79 bits per heavy atom. The number of halogens is 1. The normalized spacial score (nSPS) is 22.3. The van der Waals surface area contributed by atoms with Gasteiger partial charge in [0.1, 0.15) is 21.9 Å². The predicted octanol–water partition coefficient (Wildman–Crippen LogP) is 3.94. The number of hydrogen-bond acceptors (Lipinski definition) is 4. The predicted molar refractivity (Wildman–Crippen MR) is 92.6 cm³/mol. The van der Waals surface area contributed by atoms with Gasteiger partial charge in [-0.2, -0.15) is 0 Å². The molecule has 1 N–H and O–H groups in total. The molecule has 3 atom stereocenters. The molecule has 0 saturated carbocycles. The Bertz CT molecular complexity index is 673. The summed E-state index contributed by atoms with van der Waals surface area (Å²) in [6.07, 6.45) is 0.460. The Kier molecular flexibility index (Phi) is 5.34. The summed E-state index contributed by atoms with van der Waals surface area (Å²) in [5.74, 6) is 0.216. The molecular weight excluding hydrogens is 331 g/mol. The van der Waals surface area contributed by atoms with Crippen LogP contribution in [0.4, 0.5) is 4.39 Å². The highest BCUT2D eigenvalue weighted by atomic mass is 32.2. The van der Waals surface area contributed by atoms with Crippen LogP contribution in [0.15, 0.2) is 17.2 Å². The smallest absolute Gasteiger partial charge is 0.136 e. The highest BCUT2D eigenvalue weighted by molar-refractivity contribution is 7.90. The lowest BCUT2D eigenvalue weighted by Gasteiger charge is -2.27. The summed E-state index contributed by atoms with van der Waals surface area (Å²) in [5, 5.41) is 3.58. The number of hydrogen-bond donors (Lipinski definition) is 1. The van der Waals surface area contributed by atoms with Gasteiger partial charge < -0.3 is 9.29 Å². The molecule has 0 saturated heterocycles. The van der Waals surface area contributed by atoms with Crippen LogP contribution in [0.1, 0.15) is 51.8 Å². The zero-order chi connectivity index (χ0) is 18.1. The van der Waals surface area contributed by atoms with Crippen LogP contribution in [0.5, 0.6) is 5.75 Å². The van der Waals surface area contributed by atoms with Gasteiger partial charge in [-0.25, -0.2) is 4.39 Å². The first-order valence-corrected chi connectivity index (χ1v) is 8.91. The lowest BCUT2D eigenvalue weighted by molar-refractivity contribution is 0.124. The second kappa shape index (κ2) is 6.80. The van der Waals surface area contributed by atoms with Crippen molar-refractivity contribution in [2.75, 3.05) is 6.54 Å². The standard InChI is InChI=1S/C16H23FN4O2S/c1-10(20-24(22)15(2,3)4)13-7-12(17)6-11-8-16(5,9-19-21-18)23-14(11)13/h6-7,10,20H,8-9H2,1-5H3/t10?,16-,24?/m0/s1. The molecule has 0 radical (unpaired) electrons. The minimum atomic E-state index is -1.29. The quantitative estimate of drug-likeness (QED) is 0.375. The fourth-order valence-corrected chi connectivity index (χ4v) is 3.41. The third-order valence-electron chi connectivity index (χ3n) is 3.85. The average molecular weight is 354 g/mol. The first-order chi connectivity index (χ1) is 11.1. The number of ether oxygens (including phenoxy) is 1. The van der Waals surface area contributed by atoms with Crippen LogP contribution < -0.4 is 9.46 Å². The molecular formula is C16H23FN4O2S. The number of nitrogens with one attached hydrogen (secondary N) is 1. The van der Waals surface area contributed by atoms with E-state index in [0.29, 0.717) is 17.7 Å². The van der Waals surface area contributed by atoms with Crippen molar-refractivity contribution in [3.63, 3.8) is 0 Å². The van der Waals surface area contributed by atoms with Crippen LogP contribution in [-0.4, -0.2) is 21.4 Å². The Morgan fingerprint density at radius 2 is 2.21 bits per heavy atom. The number of fused-ring (bicyclic) bond motifs is 1. The summed E-state index contributed by atoms with van der Waals surface area (Å²) in [6.45, 7) is 9.42. The molecule has 1 aliphatic heterocycles. The zero-order valence-electron chi connectivity index (χ0n) is 14.6. The number of rotatable bonds is 5. The molecule has 2 rings (SSSR count). The number of benzene rings is 1. The van der Waals surface area contributed by atoms with E-state index >= 15 is 0 Å². The molecule has 0 aromatic heterocycles. The summed E-state index contributed by atoms with van der Waals surface area (Å²) in [6, 6.07) is 2.49. The van der Waals surface area contributed by atoms with Crippen molar-refractivity contribution < 1.29 is 13.7 Å². The monoisotopic (exact) mass is 354 g/mol. The third-order valence-corrected chi connectivity index (χ3v) is 5.53. The fraction of sp³-hybridized carbons (Fsp3) is 0.625. The van der Waals surface area contributed by atoms with Gasteiger partial charge in [-0.3, -0.25) is 0 Å². The summed E-state index contributed by atoms with van der Waals surface area (Å²) in [7, 11) is 0. The van der Waals surface area contributed by atoms with Crippen LogP contribution in [0.25, 0.3) is 10.4 Å². The Balaban J connectivity index is 2.30. The van der Waals surface area contributed by atoms with Crippen molar-refractivity contribution in [3.05, 3.63) is 39.5 Å². The van der Waals surface area contributed by atoms with Gasteiger partial charge in [-0.15, -0.1) is 4.72 Å². The molecule has 1 heterocycles. The summed E-state index contributed by atoms with van der Waals surface area (Å²) < 4.78 is 34.9. The molecule has 0 bridgehead atoms. The molecule has 24 heavy (non-hydrogen) atoms. The average Bonchev–Trinajstić information content (AvgIpc) is 2.79. The Morgan fingerprint density at radius 1 is 1.54 bits per heavy atom. The molecule has 8 heteroatoms. The van der Waals surface area contributed by atoms with Crippen molar-refractivity contribution in [2.45, 2.75) is 57.4 Å². The van der Waals surface area contributed by atoms with Crippen molar-refractivity contribution in [3.8, 4) is 5.75 Å². The van der Waals surface area contributed by atoms with Gasteiger partial charge in [0, 0.05) is 33.8 Å². The van der Waals surface area contributed by atoms with E-state index in [1.54, 1.807) is 0 Å². The highest BCUT2D eigenvalue weighted by Gasteiger charge is 2.38. The first-order valence-electron chi connectivity index (χ1n) is 7.76. The van der Waals surface area contributed by atoms with E-state index in [4.69, 9.17) is 10.3 Å². The van der Waals surface area contributed by atoms with Gasteiger partial charge in [0.15, 0.2) is 0 Å². The molecule has 132 valence electrons. The lowest BCUT2D eigenvalue weighted by atomic mass is 9.97. The minimum Gasteiger partial charge on any atom is -0.598 e. The van der Waals surface area contributed by atoms with Gasteiger partial charge in [0.05, 0.1) is 12.6 Å². The van der Waals surface area contributed by atoms with E-state index in [1.807, 2.05) is 34.6 Å². The van der Waals surface area contributed by atoms with Crippen LogP contribution in [0, 0.1) is 5.82 Å². The van der Waals surface area contributed by atoms with Crippen molar-refractivity contribution in [1.29, 1.82) is 0 Å². The highest BCUT2D eigenvalue weighted by Crippen LogP contribution is 2.41. The molecule has 6 nitrogen and oxygen atoms in total. The maximum Gasteiger partial charge on any atom is 0.136 e. The van der Waals surface area contributed by atoms with Gasteiger partial charge >= 0.3 is 0 Å². The summed E-state index contributed by atoms with van der Waals surface area (Å²) >= 11 is -1.29. The number of nitrogens with zero attached hydrogens (tertiary/aromatic N) is 3. The van der Waals surface area contributed by atoms with Crippen LogP contribution in [0.3, 0.4) is 0 Å². The molecule has 2 unspecified atom stereocenters. The lowest BCUT2D eigenvalue weighted by Crippen LogP contribution is -2.40. The summed E-state index contributed by atoms with van der Waals surface area (Å²) in [5.41, 5.74) is 9.17. The summed E-state index contributed by atoms with van der Waals surface area (Å²) in [4.78, 5) is 2.77. The van der Waals surface area contributed by atoms with E-state index in [9.17, 15) is 8.94 Å². The van der Waals surface area contributed by atoms with Crippen molar-refractivity contribution in [2.24, 2.45) is 5.11 Å². The van der Waals surface area contributed by atoms with Crippen molar-refractivity contribution >= 4 is 11.4 Å². The van der Waals surface area contributed by atoms with Crippen LogP contribution in [-0.2, 0) is 17.8 Å². The largest absolute Gasteiger partial charge is 0.598 e. The van der Waals surface area contributed by atoms with E-state index in [0.717, 1.165) is 5.56 Å². The number of azide groups is 1. The van der Waals surface area contributed by atoms with Gasteiger partial charge in [0.2, 0.25) is 0 Å². The van der Waals surface area contributed by atoms with E-state index < -0.39 is 21.7 Å². The topological polar surface area (TPSA) is 93.1 Å². The third kappa shape index (κ3) is 4.13. The second-order valence-electron chi connectivity index (χ2n) is 7.32. The van der Waals surface area contributed by atoms with E-state index in [2.05, 4.69) is 14.7 Å². The van der Waals surface area contributed by atoms with E-state index in [1.165, 1.54) is 12.1 Å². The van der Waals surface area contributed by atoms with Crippen LogP contribution in [0.2, 0.25) is 0 Å². The maximum atomic E-state index is 14.0. The molecule has 0 aliphatic carbocycles. The molecule has 0 amide bonds. The van der Waals surface area contributed by atoms with Gasteiger partial charge in [0.25, 0.3) is 0 Å². The van der Waals surface area contributed by atoms with Gasteiger partial charge in [-0.1, -0.05) is 5.11 Å². The maximum absolute atomic E-state index is 14.0. The molecule has 1 aromatic carbocycles. The Labute approximate surface area is 144 Å². The Hall–Kier alpha value is -1.47. The fourth-order valence-electron chi connectivity index (χ4n) is 2.61. The second-order valence-corrected chi connectivity index (χ2v) is 9.32. The molecule has 0 fully saturated rings. The van der Waals surface area contributed by atoms with Crippen molar-refractivity contribution in [1.82, 2.24) is 4.72 Å². The SMILES string of the molecule is CC(N[S+]([O-])C(C)(C)C)c1cc(F)cc2c1O[C@](C)(CN=[N+]=[N-])C2. The first kappa shape index (κ1) is 18.9. The molecule has 0 spiro atoms.